The molecule has 1 amide bonds. The molecule has 0 aromatic rings. The minimum absolute atomic E-state index is 0.528. The van der Waals surface area contributed by atoms with Crippen LogP contribution in [0.2, 0.25) is 0 Å². The third-order valence-electron chi connectivity index (χ3n) is 2.03. The van der Waals surface area contributed by atoms with Gasteiger partial charge in [0.15, 0.2) is 0 Å². The Bertz CT molecular complexity index is 290. The van der Waals surface area contributed by atoms with Gasteiger partial charge in [0.25, 0.3) is 0 Å². The number of halogens is 3. The molecule has 8 heteroatoms. The fraction of sp³-hybridized carbons (Fsp3) is 0.714. The van der Waals surface area contributed by atoms with E-state index >= 15 is 0 Å². The van der Waals surface area contributed by atoms with Gasteiger partial charge in [0, 0.05) is 0 Å². The molecule has 0 bridgehead atoms. The summed E-state index contributed by atoms with van der Waals surface area (Å²) in [5, 5.41) is 8.52. The maximum absolute atomic E-state index is 12.1. The van der Waals surface area contributed by atoms with Crippen molar-refractivity contribution in [2.24, 2.45) is 0 Å². The largest absolute Gasteiger partial charge is 0.480 e. The summed E-state index contributed by atoms with van der Waals surface area (Å²) in [6.07, 6.45) is -8.16. The van der Waals surface area contributed by atoms with Crippen LogP contribution in [0.4, 0.5) is 18.0 Å². The van der Waals surface area contributed by atoms with Gasteiger partial charge < -0.3 is 9.84 Å². The molecule has 1 heterocycles. The second-order valence-corrected chi connectivity index (χ2v) is 3.08. The predicted molar refractivity (Wildman–Crippen MR) is 40.1 cm³/mol. The monoisotopic (exact) mass is 227 g/mol. The summed E-state index contributed by atoms with van der Waals surface area (Å²) < 4.78 is 40.4. The summed E-state index contributed by atoms with van der Waals surface area (Å²) in [6.45, 7) is 0.331. The molecule has 0 aromatic carbocycles. The topological polar surface area (TPSA) is 66.8 Å². The number of carboxylic acid groups (broad SMARTS) is 1. The van der Waals surface area contributed by atoms with Crippen molar-refractivity contribution >= 4 is 12.1 Å². The van der Waals surface area contributed by atoms with E-state index in [-0.39, 0.29) is 0 Å². The van der Waals surface area contributed by atoms with Crippen molar-refractivity contribution in [3.63, 3.8) is 0 Å². The molecule has 0 saturated carbocycles. The van der Waals surface area contributed by atoms with Gasteiger partial charge in [-0.05, 0) is 6.92 Å². The van der Waals surface area contributed by atoms with E-state index in [0.29, 0.717) is 4.90 Å². The van der Waals surface area contributed by atoms with Crippen molar-refractivity contribution in [3.8, 4) is 0 Å². The van der Waals surface area contributed by atoms with Gasteiger partial charge in [-0.1, -0.05) is 0 Å². The first-order valence-electron chi connectivity index (χ1n) is 4.00. The quantitative estimate of drug-likeness (QED) is 0.759. The maximum Gasteiger partial charge on any atom is 0.427 e. The second-order valence-electron chi connectivity index (χ2n) is 3.08. The Kier molecular flexibility index (Phi) is 2.78. The number of carbonyl (C=O) groups excluding carboxylic acids is 1. The fourth-order valence-electron chi connectivity index (χ4n) is 1.10. The number of nitrogens with zero attached hydrogens (tertiary/aromatic N) is 1. The highest BCUT2D eigenvalue weighted by Crippen LogP contribution is 2.29. The molecule has 1 aliphatic heterocycles. The Labute approximate surface area is 82.4 Å². The van der Waals surface area contributed by atoms with Gasteiger partial charge in [-0.25, -0.2) is 9.59 Å². The van der Waals surface area contributed by atoms with Crippen LogP contribution >= 0.6 is 0 Å². The molecule has 86 valence electrons. The zero-order valence-electron chi connectivity index (χ0n) is 7.61. The Morgan fingerprint density at radius 1 is 1.67 bits per heavy atom. The van der Waals surface area contributed by atoms with E-state index in [2.05, 4.69) is 4.74 Å². The minimum Gasteiger partial charge on any atom is -0.480 e. The van der Waals surface area contributed by atoms with Crippen molar-refractivity contribution in [3.05, 3.63) is 0 Å². The van der Waals surface area contributed by atoms with Gasteiger partial charge in [0.2, 0.25) is 6.10 Å². The summed E-state index contributed by atoms with van der Waals surface area (Å²) in [7, 11) is 0. The average molecular weight is 227 g/mol. The summed E-state index contributed by atoms with van der Waals surface area (Å²) in [5.41, 5.74) is 0. The molecule has 1 aliphatic rings. The van der Waals surface area contributed by atoms with Gasteiger partial charge in [-0.15, -0.1) is 0 Å². The van der Waals surface area contributed by atoms with Crippen molar-refractivity contribution in [1.82, 2.24) is 4.90 Å². The van der Waals surface area contributed by atoms with E-state index in [4.69, 9.17) is 5.11 Å². The molecule has 15 heavy (non-hydrogen) atoms. The van der Waals surface area contributed by atoms with E-state index in [0.717, 1.165) is 6.92 Å². The van der Waals surface area contributed by atoms with Crippen LogP contribution in [0.3, 0.4) is 0 Å². The van der Waals surface area contributed by atoms with Crippen LogP contribution in [-0.2, 0) is 9.53 Å². The van der Waals surface area contributed by atoms with Gasteiger partial charge in [-0.3, -0.25) is 4.90 Å². The van der Waals surface area contributed by atoms with Crippen molar-refractivity contribution in [1.29, 1.82) is 0 Å². The summed E-state index contributed by atoms with van der Waals surface area (Å²) >= 11 is 0. The Morgan fingerprint density at radius 2 is 2.20 bits per heavy atom. The molecule has 1 rings (SSSR count). The van der Waals surface area contributed by atoms with Gasteiger partial charge in [-0.2, -0.15) is 13.2 Å². The number of rotatable bonds is 2. The number of amides is 1. The van der Waals surface area contributed by atoms with Gasteiger partial charge in [0.05, 0.1) is 6.54 Å². The normalized spacial score (nSPS) is 23.9. The number of hydrogen-bond donors (Lipinski definition) is 1. The van der Waals surface area contributed by atoms with E-state index in [9.17, 15) is 22.8 Å². The average Bonchev–Trinajstić information content (AvgIpc) is 2.45. The standard InChI is InChI=1S/C7H8F3NO4/c1-3(5(12)13)11-2-4(7(8,9)10)15-6(11)14/h3-4H,2H2,1H3,(H,12,13). The van der Waals surface area contributed by atoms with Crippen LogP contribution in [0.5, 0.6) is 0 Å². The SMILES string of the molecule is CC(C(=O)O)N1CC(C(F)(F)F)OC1=O. The van der Waals surface area contributed by atoms with Crippen LogP contribution in [-0.4, -0.2) is 46.9 Å². The molecule has 0 aliphatic carbocycles. The van der Waals surface area contributed by atoms with Gasteiger partial charge >= 0.3 is 18.2 Å². The molecule has 1 fully saturated rings. The smallest absolute Gasteiger partial charge is 0.427 e. The first kappa shape index (κ1) is 11.6. The van der Waals surface area contributed by atoms with E-state index in [1.807, 2.05) is 0 Å². The van der Waals surface area contributed by atoms with Crippen LogP contribution < -0.4 is 0 Å². The molecule has 0 aromatic heterocycles. The number of aliphatic carboxylic acids is 1. The van der Waals surface area contributed by atoms with Crippen LogP contribution in [0.15, 0.2) is 0 Å². The lowest BCUT2D eigenvalue weighted by Gasteiger charge is -2.17. The van der Waals surface area contributed by atoms with Crippen molar-refractivity contribution in [2.45, 2.75) is 25.2 Å². The molecular formula is C7H8F3NO4. The fourth-order valence-corrected chi connectivity index (χ4v) is 1.10. The van der Waals surface area contributed by atoms with Crippen LogP contribution in [0.25, 0.3) is 0 Å². The summed E-state index contributed by atoms with van der Waals surface area (Å²) in [5.74, 6) is -1.38. The lowest BCUT2D eigenvalue weighted by atomic mass is 10.2. The Balaban J connectivity index is 2.73. The predicted octanol–water partition coefficient (Wildman–Crippen LogP) is 0.843. The number of hydrogen-bond acceptors (Lipinski definition) is 3. The molecule has 2 atom stereocenters. The number of carbonyl (C=O) groups is 2. The highest BCUT2D eigenvalue weighted by Gasteiger charge is 2.51. The second kappa shape index (κ2) is 3.59. The van der Waals surface area contributed by atoms with E-state index in [1.165, 1.54) is 0 Å². The van der Waals surface area contributed by atoms with Crippen molar-refractivity contribution < 1.29 is 32.6 Å². The zero-order chi connectivity index (χ0) is 11.8. The number of ether oxygens (including phenoxy) is 1. The van der Waals surface area contributed by atoms with Crippen LogP contribution in [0, 0.1) is 0 Å². The first-order valence-corrected chi connectivity index (χ1v) is 4.00. The lowest BCUT2D eigenvalue weighted by Crippen LogP contribution is -2.41. The molecule has 2 unspecified atom stereocenters. The third kappa shape index (κ3) is 2.31. The van der Waals surface area contributed by atoms with E-state index in [1.54, 1.807) is 0 Å². The number of cyclic esters (lactones) is 1. The van der Waals surface area contributed by atoms with Gasteiger partial charge in [0.1, 0.15) is 6.04 Å². The van der Waals surface area contributed by atoms with E-state index < -0.39 is 36.9 Å². The Hall–Kier alpha value is -1.47. The minimum atomic E-state index is -4.66. The number of alkyl halides is 3. The molecule has 1 N–H and O–H groups in total. The third-order valence-corrected chi connectivity index (χ3v) is 2.03. The maximum atomic E-state index is 12.1. The highest BCUT2D eigenvalue weighted by atomic mass is 19.4. The molecular weight excluding hydrogens is 219 g/mol. The lowest BCUT2D eigenvalue weighted by molar-refractivity contribution is -0.192. The zero-order valence-corrected chi connectivity index (χ0v) is 7.61. The first-order chi connectivity index (χ1) is 6.73. The number of carboxylic acids is 1. The molecule has 0 spiro atoms. The molecule has 1 saturated heterocycles. The summed E-state index contributed by atoms with van der Waals surface area (Å²) in [4.78, 5) is 21.9. The van der Waals surface area contributed by atoms with Crippen molar-refractivity contribution in [2.75, 3.05) is 6.54 Å². The summed E-state index contributed by atoms with van der Waals surface area (Å²) in [6, 6.07) is -1.33. The molecule has 5 nitrogen and oxygen atoms in total. The Morgan fingerprint density at radius 3 is 2.53 bits per heavy atom. The highest BCUT2D eigenvalue weighted by molar-refractivity contribution is 5.80. The molecule has 0 radical (unpaired) electrons. The van der Waals surface area contributed by atoms with Crippen LogP contribution in [0.1, 0.15) is 6.92 Å².